The van der Waals surface area contributed by atoms with Crippen molar-refractivity contribution in [3.05, 3.63) is 95.1 Å². The molecule has 5 rings (SSSR count). The quantitative estimate of drug-likeness (QED) is 0.509. The van der Waals surface area contributed by atoms with Crippen LogP contribution >= 0.6 is 0 Å². The highest BCUT2D eigenvalue weighted by Gasteiger charge is 2.26. The maximum Gasteiger partial charge on any atom is 0.124 e. The molecule has 0 spiro atoms. The van der Waals surface area contributed by atoms with Gasteiger partial charge in [0, 0.05) is 19.3 Å². The highest BCUT2D eigenvalue weighted by atomic mass is 15.2. The van der Waals surface area contributed by atoms with Crippen molar-refractivity contribution in [1.29, 1.82) is 0 Å². The number of benzene rings is 2. The van der Waals surface area contributed by atoms with Crippen LogP contribution in [0.15, 0.2) is 66.9 Å². The van der Waals surface area contributed by atoms with E-state index < -0.39 is 0 Å². The molecule has 1 aliphatic carbocycles. The molecule has 2 heterocycles. The molecule has 0 amide bonds. The lowest BCUT2D eigenvalue weighted by Crippen LogP contribution is -2.29. The molecule has 0 saturated heterocycles. The van der Waals surface area contributed by atoms with Crippen molar-refractivity contribution >= 4 is 11.0 Å². The Morgan fingerprint density at radius 3 is 2.71 bits per heavy atom. The van der Waals surface area contributed by atoms with Gasteiger partial charge in [0.2, 0.25) is 0 Å². The summed E-state index contributed by atoms with van der Waals surface area (Å²) in [6.45, 7) is 2.10. The molecule has 0 radical (unpaired) electrons. The summed E-state index contributed by atoms with van der Waals surface area (Å²) in [7, 11) is 2.20. The Hall–Kier alpha value is -3.02. The fourth-order valence-corrected chi connectivity index (χ4v) is 4.85. The van der Waals surface area contributed by atoms with Crippen molar-refractivity contribution in [2.24, 2.45) is 5.73 Å². The van der Waals surface area contributed by atoms with Crippen LogP contribution in [-0.4, -0.2) is 26.5 Å². The fourth-order valence-electron chi connectivity index (χ4n) is 4.85. The molecule has 5 nitrogen and oxygen atoms in total. The van der Waals surface area contributed by atoms with E-state index in [1.54, 1.807) is 0 Å². The first-order valence-electron chi connectivity index (χ1n) is 11.1. The van der Waals surface area contributed by atoms with Gasteiger partial charge in [-0.1, -0.05) is 42.5 Å². The second-order valence-electron chi connectivity index (χ2n) is 8.45. The summed E-state index contributed by atoms with van der Waals surface area (Å²) in [5.74, 6) is 1.08. The van der Waals surface area contributed by atoms with Gasteiger partial charge in [-0.2, -0.15) is 0 Å². The largest absolute Gasteiger partial charge is 0.326 e. The lowest BCUT2D eigenvalue weighted by molar-refractivity contribution is 0.202. The lowest BCUT2D eigenvalue weighted by atomic mass is 9.91. The van der Waals surface area contributed by atoms with E-state index in [1.807, 2.05) is 6.20 Å². The minimum Gasteiger partial charge on any atom is -0.326 e. The SMILES string of the molecule is CN(Cc1nc2ccccc2n1Cc1ccccc1CN)C1CCCc2cccnc21. The van der Waals surface area contributed by atoms with Crippen LogP contribution in [0.25, 0.3) is 11.0 Å². The van der Waals surface area contributed by atoms with Gasteiger partial charge in [-0.3, -0.25) is 9.88 Å². The zero-order valence-electron chi connectivity index (χ0n) is 18.0. The van der Waals surface area contributed by atoms with E-state index in [9.17, 15) is 0 Å². The number of hydrogen-bond donors (Lipinski definition) is 1. The molecule has 1 unspecified atom stereocenters. The number of nitrogens with zero attached hydrogens (tertiary/aromatic N) is 4. The molecule has 1 atom stereocenters. The zero-order chi connectivity index (χ0) is 21.2. The Morgan fingerprint density at radius 1 is 1.03 bits per heavy atom. The van der Waals surface area contributed by atoms with E-state index in [0.717, 1.165) is 37.3 Å². The van der Waals surface area contributed by atoms with Gasteiger partial charge in [-0.05, 0) is 61.2 Å². The van der Waals surface area contributed by atoms with E-state index >= 15 is 0 Å². The van der Waals surface area contributed by atoms with E-state index in [-0.39, 0.29) is 0 Å². The Balaban J connectivity index is 1.50. The van der Waals surface area contributed by atoms with Gasteiger partial charge < -0.3 is 10.3 Å². The predicted octanol–water partition coefficient (Wildman–Crippen LogP) is 4.45. The number of aromatic nitrogens is 3. The molecular formula is C26H29N5. The minimum absolute atomic E-state index is 0.328. The molecular weight excluding hydrogens is 382 g/mol. The van der Waals surface area contributed by atoms with Crippen molar-refractivity contribution in [3.63, 3.8) is 0 Å². The van der Waals surface area contributed by atoms with Crippen LogP contribution in [0.1, 0.15) is 47.1 Å². The Labute approximate surface area is 183 Å². The summed E-state index contributed by atoms with van der Waals surface area (Å²) in [5.41, 5.74) is 13.3. The average molecular weight is 412 g/mol. The summed E-state index contributed by atoms with van der Waals surface area (Å²) in [5, 5.41) is 0. The first-order valence-corrected chi connectivity index (χ1v) is 11.1. The third-order valence-electron chi connectivity index (χ3n) is 6.49. The standard InChI is InChI=1S/C26H29N5/c1-30(24-14-6-10-19-11-7-15-28-26(19)24)18-25-29-22-12-4-5-13-23(22)31(25)17-21-9-3-2-8-20(21)16-27/h2-5,7-9,11-13,15,24H,6,10,14,16-18,27H2,1H3. The number of pyridine rings is 1. The first kappa shape index (κ1) is 19.9. The van der Waals surface area contributed by atoms with Gasteiger partial charge in [0.05, 0.1) is 29.3 Å². The summed E-state index contributed by atoms with van der Waals surface area (Å²) in [4.78, 5) is 12.2. The second-order valence-corrected chi connectivity index (χ2v) is 8.45. The molecule has 2 aromatic heterocycles. The Bertz CT molecular complexity index is 1200. The van der Waals surface area contributed by atoms with Crippen LogP contribution in [-0.2, 0) is 26.1 Å². The van der Waals surface area contributed by atoms with E-state index in [4.69, 9.17) is 15.7 Å². The van der Waals surface area contributed by atoms with Crippen LogP contribution in [0.5, 0.6) is 0 Å². The number of aryl methyl sites for hydroxylation is 1. The van der Waals surface area contributed by atoms with E-state index in [0.29, 0.717) is 12.6 Å². The van der Waals surface area contributed by atoms with Gasteiger partial charge in [0.25, 0.3) is 0 Å². The zero-order valence-corrected chi connectivity index (χ0v) is 18.0. The monoisotopic (exact) mass is 411 g/mol. The van der Waals surface area contributed by atoms with Crippen LogP contribution in [0.3, 0.4) is 0 Å². The summed E-state index contributed by atoms with van der Waals surface area (Å²) in [6, 6.07) is 21.4. The Morgan fingerprint density at radius 2 is 1.84 bits per heavy atom. The highest BCUT2D eigenvalue weighted by molar-refractivity contribution is 5.76. The molecule has 0 fully saturated rings. The maximum absolute atomic E-state index is 6.01. The molecule has 0 saturated carbocycles. The normalized spacial score (nSPS) is 16.0. The number of fused-ring (bicyclic) bond motifs is 2. The number of imidazole rings is 1. The number of rotatable bonds is 6. The van der Waals surface area contributed by atoms with Crippen LogP contribution < -0.4 is 5.73 Å². The summed E-state index contributed by atoms with van der Waals surface area (Å²) in [6.07, 6.45) is 5.39. The predicted molar refractivity (Wildman–Crippen MR) is 125 cm³/mol. The van der Waals surface area contributed by atoms with Crippen molar-refractivity contribution in [3.8, 4) is 0 Å². The third kappa shape index (κ3) is 3.87. The van der Waals surface area contributed by atoms with Crippen molar-refractivity contribution in [1.82, 2.24) is 19.4 Å². The second kappa shape index (κ2) is 8.61. The number of nitrogens with two attached hydrogens (primary N) is 1. The highest BCUT2D eigenvalue weighted by Crippen LogP contribution is 2.33. The summed E-state index contributed by atoms with van der Waals surface area (Å²) < 4.78 is 2.35. The van der Waals surface area contributed by atoms with E-state index in [1.165, 1.54) is 34.3 Å². The average Bonchev–Trinajstić information content (AvgIpc) is 3.15. The minimum atomic E-state index is 0.328. The number of para-hydroxylation sites is 2. The molecule has 5 heteroatoms. The van der Waals surface area contributed by atoms with Gasteiger partial charge >= 0.3 is 0 Å². The molecule has 31 heavy (non-hydrogen) atoms. The summed E-state index contributed by atoms with van der Waals surface area (Å²) >= 11 is 0. The molecule has 0 aliphatic heterocycles. The van der Waals surface area contributed by atoms with Crippen molar-refractivity contribution < 1.29 is 0 Å². The van der Waals surface area contributed by atoms with Crippen LogP contribution in [0, 0.1) is 0 Å². The number of hydrogen-bond acceptors (Lipinski definition) is 4. The van der Waals surface area contributed by atoms with Crippen LogP contribution in [0.2, 0.25) is 0 Å². The third-order valence-corrected chi connectivity index (χ3v) is 6.49. The van der Waals surface area contributed by atoms with Crippen LogP contribution in [0.4, 0.5) is 0 Å². The van der Waals surface area contributed by atoms with E-state index in [2.05, 4.69) is 77.2 Å². The maximum atomic E-state index is 6.01. The molecule has 158 valence electrons. The molecule has 2 aromatic carbocycles. The molecule has 1 aliphatic rings. The van der Waals surface area contributed by atoms with Gasteiger partial charge in [0.15, 0.2) is 0 Å². The molecule has 0 bridgehead atoms. The first-order chi connectivity index (χ1) is 15.2. The van der Waals surface area contributed by atoms with Crippen molar-refractivity contribution in [2.45, 2.75) is 44.9 Å². The van der Waals surface area contributed by atoms with Gasteiger partial charge in [-0.15, -0.1) is 0 Å². The molecule has 2 N–H and O–H groups in total. The topological polar surface area (TPSA) is 60.0 Å². The van der Waals surface area contributed by atoms with Gasteiger partial charge in [-0.25, -0.2) is 4.98 Å². The Kier molecular flexibility index (Phi) is 5.53. The fraction of sp³-hybridized carbons (Fsp3) is 0.308. The lowest BCUT2D eigenvalue weighted by Gasteiger charge is -2.32. The van der Waals surface area contributed by atoms with Crippen molar-refractivity contribution in [2.75, 3.05) is 7.05 Å². The van der Waals surface area contributed by atoms with Gasteiger partial charge in [0.1, 0.15) is 5.82 Å². The molecule has 4 aromatic rings. The smallest absolute Gasteiger partial charge is 0.124 e.